The number of hydrogen-bond donors (Lipinski definition) is 0. The Morgan fingerprint density at radius 2 is 1.72 bits per heavy atom. The van der Waals surface area contributed by atoms with Gasteiger partial charge in [0.2, 0.25) is 0 Å². The van der Waals surface area contributed by atoms with Gasteiger partial charge in [-0.3, -0.25) is 19.5 Å². The van der Waals surface area contributed by atoms with Crippen molar-refractivity contribution in [1.29, 1.82) is 0 Å². The summed E-state index contributed by atoms with van der Waals surface area (Å²) in [5.74, 6) is -1.59. The molecule has 0 atom stereocenters. The molecule has 0 fully saturated rings. The average Bonchev–Trinajstić information content (AvgIpc) is 3.38. The third-order valence-corrected chi connectivity index (χ3v) is 7.40. The van der Waals surface area contributed by atoms with E-state index in [1.807, 2.05) is 13.8 Å². The smallest absolute Gasteiger partial charge is 0.332 e. The number of nitrogens with zero attached hydrogens (tertiary/aromatic N) is 7. The maximum atomic E-state index is 14.6. The van der Waals surface area contributed by atoms with Crippen molar-refractivity contribution in [2.75, 3.05) is 31.1 Å². The summed E-state index contributed by atoms with van der Waals surface area (Å²) >= 11 is 0. The number of aromatic nitrogens is 4. The second-order valence-corrected chi connectivity index (χ2v) is 10.7. The van der Waals surface area contributed by atoms with Crippen molar-refractivity contribution in [3.05, 3.63) is 88.9 Å². The molecule has 13 heteroatoms. The van der Waals surface area contributed by atoms with Crippen LogP contribution in [0.25, 0.3) is 5.65 Å². The van der Waals surface area contributed by atoms with Crippen LogP contribution in [-0.2, 0) is 12.7 Å². The molecule has 9 nitrogen and oxygen atoms in total. The SMILES string of the molecule is Cc1cc(C(F)(F)F)n2nc(C(=O)N3CCN(C(C)C)CCCN(C(=O)c4ccccn4)c4cc(F)ccc4C3)cc2n1. The summed E-state index contributed by atoms with van der Waals surface area (Å²) in [7, 11) is 0. The van der Waals surface area contributed by atoms with E-state index in [9.17, 15) is 27.2 Å². The maximum Gasteiger partial charge on any atom is 0.433 e. The summed E-state index contributed by atoms with van der Waals surface area (Å²) in [5, 5.41) is 4.01. The van der Waals surface area contributed by atoms with E-state index in [0.717, 1.165) is 6.07 Å². The van der Waals surface area contributed by atoms with Gasteiger partial charge in [0.1, 0.15) is 17.2 Å². The number of rotatable bonds is 3. The highest BCUT2D eigenvalue weighted by Gasteiger charge is 2.36. The molecule has 1 aliphatic heterocycles. The van der Waals surface area contributed by atoms with Crippen LogP contribution in [0.3, 0.4) is 0 Å². The van der Waals surface area contributed by atoms with Crippen molar-refractivity contribution in [2.24, 2.45) is 0 Å². The molecule has 0 spiro atoms. The molecule has 0 N–H and O–H groups in total. The monoisotopic (exact) mass is 597 g/mol. The van der Waals surface area contributed by atoms with E-state index in [1.165, 1.54) is 47.2 Å². The Kier molecular flexibility index (Phi) is 8.45. The summed E-state index contributed by atoms with van der Waals surface area (Å²) in [6.45, 7) is 6.97. The molecule has 0 saturated carbocycles. The van der Waals surface area contributed by atoms with E-state index in [1.54, 1.807) is 18.2 Å². The molecule has 4 heterocycles. The van der Waals surface area contributed by atoms with Crippen molar-refractivity contribution >= 4 is 23.1 Å². The molecular weight excluding hydrogens is 566 g/mol. The van der Waals surface area contributed by atoms with Gasteiger partial charge in [-0.1, -0.05) is 12.1 Å². The van der Waals surface area contributed by atoms with Crippen LogP contribution in [0.1, 0.15) is 58.2 Å². The largest absolute Gasteiger partial charge is 0.433 e. The van der Waals surface area contributed by atoms with E-state index >= 15 is 0 Å². The quantitative estimate of drug-likeness (QED) is 0.309. The van der Waals surface area contributed by atoms with E-state index < -0.39 is 29.5 Å². The molecule has 226 valence electrons. The number of carbonyl (C=O) groups excluding carboxylic acids is 2. The van der Waals surface area contributed by atoms with E-state index in [0.29, 0.717) is 29.6 Å². The second-order valence-electron chi connectivity index (χ2n) is 10.7. The second kappa shape index (κ2) is 12.1. The zero-order chi connectivity index (χ0) is 30.9. The van der Waals surface area contributed by atoms with E-state index in [2.05, 4.69) is 20.0 Å². The summed E-state index contributed by atoms with van der Waals surface area (Å²) in [5.41, 5.74) is -0.248. The van der Waals surface area contributed by atoms with Crippen molar-refractivity contribution < 1.29 is 27.2 Å². The topological polar surface area (TPSA) is 86.9 Å². The van der Waals surface area contributed by atoms with Crippen molar-refractivity contribution in [2.45, 2.75) is 46.0 Å². The summed E-state index contributed by atoms with van der Waals surface area (Å²) < 4.78 is 56.6. The fraction of sp³-hybridized carbons (Fsp3) is 0.367. The van der Waals surface area contributed by atoms with Gasteiger partial charge in [0.05, 0.1) is 5.69 Å². The maximum absolute atomic E-state index is 14.6. The molecule has 0 saturated heterocycles. The van der Waals surface area contributed by atoms with Gasteiger partial charge < -0.3 is 9.80 Å². The highest BCUT2D eigenvalue weighted by Crippen LogP contribution is 2.31. The third-order valence-electron chi connectivity index (χ3n) is 7.40. The first kappa shape index (κ1) is 30.1. The van der Waals surface area contributed by atoms with Gasteiger partial charge in [0.25, 0.3) is 11.8 Å². The predicted octanol–water partition coefficient (Wildman–Crippen LogP) is 4.99. The molecule has 0 bridgehead atoms. The Balaban J connectivity index is 1.58. The lowest BCUT2D eigenvalue weighted by Crippen LogP contribution is -2.41. The highest BCUT2D eigenvalue weighted by molar-refractivity contribution is 6.05. The van der Waals surface area contributed by atoms with Crippen molar-refractivity contribution in [1.82, 2.24) is 29.4 Å². The normalized spacial score (nSPS) is 15.4. The fourth-order valence-electron chi connectivity index (χ4n) is 5.22. The fourth-order valence-corrected chi connectivity index (χ4v) is 5.22. The standard InChI is InChI=1S/C30H31F4N7O2/c1-19(2)38-11-6-12-40(29(43)23-7-4-5-10-35-23)25-16-22(31)9-8-21(25)18-39(14-13-38)28(42)24-17-27-36-20(3)15-26(30(32,33)34)41(27)37-24/h4-5,7-10,15-17,19H,6,11-14,18H2,1-3H3. The van der Waals surface area contributed by atoms with Gasteiger partial charge in [0, 0.05) is 56.7 Å². The molecule has 3 aromatic heterocycles. The molecule has 1 aromatic carbocycles. The number of aryl methyl sites for hydroxylation is 1. The number of amides is 2. The van der Waals surface area contributed by atoms with Crippen molar-refractivity contribution in [3.63, 3.8) is 0 Å². The minimum atomic E-state index is -4.71. The number of alkyl halides is 3. The van der Waals surface area contributed by atoms with Crippen LogP contribution >= 0.6 is 0 Å². The molecule has 4 aromatic rings. The van der Waals surface area contributed by atoms with Crippen LogP contribution in [0.5, 0.6) is 0 Å². The van der Waals surface area contributed by atoms with Crippen LogP contribution < -0.4 is 4.90 Å². The van der Waals surface area contributed by atoms with Crippen LogP contribution in [-0.4, -0.2) is 73.4 Å². The number of hydrogen-bond acceptors (Lipinski definition) is 6. The zero-order valence-corrected chi connectivity index (χ0v) is 24.0. The Morgan fingerprint density at radius 3 is 2.42 bits per heavy atom. The van der Waals surface area contributed by atoms with Crippen LogP contribution in [0.15, 0.2) is 54.7 Å². The number of carbonyl (C=O) groups is 2. The number of fused-ring (bicyclic) bond motifs is 2. The Labute approximate surface area is 245 Å². The summed E-state index contributed by atoms with van der Waals surface area (Å²) in [4.78, 5) is 41.0. The first-order chi connectivity index (χ1) is 20.4. The van der Waals surface area contributed by atoms with E-state index in [-0.39, 0.29) is 54.1 Å². The molecule has 43 heavy (non-hydrogen) atoms. The summed E-state index contributed by atoms with van der Waals surface area (Å²) in [6.07, 6.45) is -2.64. The Hall–Kier alpha value is -4.39. The molecular formula is C30H31F4N7O2. The number of halogens is 4. The minimum Gasteiger partial charge on any atom is -0.332 e. The van der Waals surface area contributed by atoms with Crippen LogP contribution in [0, 0.1) is 12.7 Å². The molecule has 2 amide bonds. The highest BCUT2D eigenvalue weighted by atomic mass is 19.4. The van der Waals surface area contributed by atoms with Gasteiger partial charge >= 0.3 is 6.18 Å². The predicted molar refractivity (Wildman–Crippen MR) is 151 cm³/mol. The summed E-state index contributed by atoms with van der Waals surface area (Å²) in [6, 6.07) is 11.2. The first-order valence-corrected chi connectivity index (χ1v) is 13.9. The Morgan fingerprint density at radius 1 is 0.930 bits per heavy atom. The van der Waals surface area contributed by atoms with Gasteiger partial charge in [-0.15, -0.1) is 0 Å². The number of anilines is 1. The van der Waals surface area contributed by atoms with Gasteiger partial charge in [-0.05, 0) is 63.1 Å². The van der Waals surface area contributed by atoms with Crippen LogP contribution in [0.4, 0.5) is 23.2 Å². The lowest BCUT2D eigenvalue weighted by atomic mass is 10.1. The first-order valence-electron chi connectivity index (χ1n) is 13.9. The van der Waals surface area contributed by atoms with Crippen molar-refractivity contribution in [3.8, 4) is 0 Å². The number of benzene rings is 1. The molecule has 5 rings (SSSR count). The number of pyridine rings is 1. The lowest BCUT2D eigenvalue weighted by Gasteiger charge is -2.29. The van der Waals surface area contributed by atoms with Crippen LogP contribution in [0.2, 0.25) is 0 Å². The average molecular weight is 598 g/mol. The molecule has 0 radical (unpaired) electrons. The third kappa shape index (κ3) is 6.51. The molecule has 0 aliphatic carbocycles. The minimum absolute atomic E-state index is 0.0428. The van der Waals surface area contributed by atoms with Gasteiger partial charge in [-0.25, -0.2) is 13.9 Å². The lowest BCUT2D eigenvalue weighted by molar-refractivity contribution is -0.142. The zero-order valence-electron chi connectivity index (χ0n) is 24.0. The molecule has 0 unspecified atom stereocenters. The van der Waals surface area contributed by atoms with Gasteiger partial charge in [-0.2, -0.15) is 18.3 Å². The van der Waals surface area contributed by atoms with E-state index in [4.69, 9.17) is 0 Å². The Bertz CT molecular complexity index is 1640. The molecule has 1 aliphatic rings. The van der Waals surface area contributed by atoms with Gasteiger partial charge in [0.15, 0.2) is 11.3 Å².